The molecule has 0 radical (unpaired) electrons. The number of rotatable bonds is 8. The van der Waals surface area contributed by atoms with Crippen LogP contribution in [0.15, 0.2) is 24.5 Å². The number of carbonyl (C=O) groups is 2. The first-order valence-electron chi connectivity index (χ1n) is 12.8. The molecular weight excluding hydrogens is 499 g/mol. The molecule has 3 atom stereocenters. The molecule has 11 heteroatoms. The minimum Gasteiger partial charge on any atom is -0.493 e. The Bertz CT molecular complexity index is 1360. The molecule has 2 heterocycles. The summed E-state index contributed by atoms with van der Waals surface area (Å²) in [7, 11) is 0. The molecule has 2 amide bonds. The van der Waals surface area contributed by atoms with Crippen molar-refractivity contribution in [2.75, 3.05) is 6.61 Å². The maximum atomic E-state index is 14.9. The van der Waals surface area contributed by atoms with Crippen molar-refractivity contribution in [1.29, 1.82) is 0 Å². The van der Waals surface area contributed by atoms with Crippen molar-refractivity contribution in [3.05, 3.63) is 41.3 Å². The lowest BCUT2D eigenvalue weighted by Crippen LogP contribution is -2.49. The Balaban J connectivity index is 1.44. The first-order chi connectivity index (χ1) is 18.2. The zero-order valence-corrected chi connectivity index (χ0v) is 21.2. The second kappa shape index (κ2) is 10.6. The molecule has 0 unspecified atom stereocenters. The summed E-state index contributed by atoms with van der Waals surface area (Å²) in [5, 5.41) is 5.51. The third-order valence-electron chi connectivity index (χ3n) is 7.18. The molecule has 0 aliphatic heterocycles. The van der Waals surface area contributed by atoms with Crippen molar-refractivity contribution < 1.29 is 27.5 Å². The van der Waals surface area contributed by atoms with Gasteiger partial charge < -0.3 is 20.4 Å². The van der Waals surface area contributed by atoms with Gasteiger partial charge in [-0.15, -0.1) is 0 Å². The van der Waals surface area contributed by atoms with Gasteiger partial charge in [0.2, 0.25) is 5.91 Å². The first kappa shape index (κ1) is 26.0. The summed E-state index contributed by atoms with van der Waals surface area (Å²) in [6.07, 6.45) is 0.478. The van der Waals surface area contributed by atoms with Gasteiger partial charge in [0.1, 0.15) is 29.5 Å². The zero-order valence-electron chi connectivity index (χ0n) is 21.2. The van der Waals surface area contributed by atoms with Crippen LogP contribution in [0.1, 0.15) is 67.1 Å². The molecule has 3 aromatic rings. The van der Waals surface area contributed by atoms with Gasteiger partial charge in [-0.25, -0.2) is 23.1 Å². The molecule has 0 spiro atoms. The van der Waals surface area contributed by atoms with E-state index in [-0.39, 0.29) is 29.5 Å². The molecule has 2 aliphatic rings. The van der Waals surface area contributed by atoms with Crippen molar-refractivity contribution >= 4 is 22.8 Å². The van der Waals surface area contributed by atoms with Gasteiger partial charge in [-0.3, -0.25) is 9.59 Å². The molecule has 0 bridgehead atoms. The number of aryl methyl sites for hydroxylation is 1. The van der Waals surface area contributed by atoms with E-state index in [9.17, 15) is 22.8 Å². The minimum atomic E-state index is -2.68. The summed E-state index contributed by atoms with van der Waals surface area (Å²) in [4.78, 5) is 36.4. The standard InChI is InChI=1S/C27H30F3N5O3/c1-13-22(27(37)35-20-7-6-17(10-19(20)28)34-14(2)36)24-25(33-13)23(31-12-32-24)18-9-16(26(29)30)5-8-21(18)38-11-15-3-4-15/h5,8-9,12,15,17,19-20,26,33H,3-4,6-7,10-11H2,1-2H3,(H,34,36)(H,35,37)/t17-,19-,20+/m1/s1. The summed E-state index contributed by atoms with van der Waals surface area (Å²) in [6, 6.07) is 3.24. The van der Waals surface area contributed by atoms with Crippen LogP contribution in [0.2, 0.25) is 0 Å². The van der Waals surface area contributed by atoms with E-state index in [4.69, 9.17) is 4.74 Å². The third-order valence-corrected chi connectivity index (χ3v) is 7.18. The summed E-state index contributed by atoms with van der Waals surface area (Å²) >= 11 is 0. The number of fused-ring (bicyclic) bond motifs is 1. The highest BCUT2D eigenvalue weighted by molar-refractivity contribution is 6.09. The van der Waals surface area contributed by atoms with Crippen LogP contribution in [0.3, 0.4) is 0 Å². The Morgan fingerprint density at radius 2 is 1.95 bits per heavy atom. The highest BCUT2D eigenvalue weighted by atomic mass is 19.3. The van der Waals surface area contributed by atoms with Crippen LogP contribution in [0.25, 0.3) is 22.3 Å². The smallest absolute Gasteiger partial charge is 0.263 e. The number of nitrogens with zero attached hydrogens (tertiary/aromatic N) is 2. The highest BCUT2D eigenvalue weighted by Crippen LogP contribution is 2.38. The van der Waals surface area contributed by atoms with Gasteiger partial charge in [-0.05, 0) is 56.7 Å². The number of alkyl halides is 3. The van der Waals surface area contributed by atoms with E-state index in [0.29, 0.717) is 59.1 Å². The molecule has 2 aliphatic carbocycles. The Hall–Kier alpha value is -3.63. The second-order valence-electron chi connectivity index (χ2n) is 10.2. The number of hydrogen-bond donors (Lipinski definition) is 3. The molecule has 38 heavy (non-hydrogen) atoms. The first-order valence-corrected chi connectivity index (χ1v) is 12.8. The molecule has 2 aromatic heterocycles. The molecule has 1 aromatic carbocycles. The van der Waals surface area contributed by atoms with Crippen LogP contribution in [0, 0.1) is 12.8 Å². The maximum absolute atomic E-state index is 14.9. The van der Waals surface area contributed by atoms with E-state index in [1.807, 2.05) is 0 Å². The molecule has 0 saturated heterocycles. The normalized spacial score (nSPS) is 21.5. The summed E-state index contributed by atoms with van der Waals surface area (Å²) in [5.74, 6) is 0.180. The number of hydrogen-bond acceptors (Lipinski definition) is 5. The summed E-state index contributed by atoms with van der Waals surface area (Å²) in [6.45, 7) is 3.57. The van der Waals surface area contributed by atoms with Gasteiger partial charge in [0.25, 0.3) is 12.3 Å². The lowest BCUT2D eigenvalue weighted by molar-refractivity contribution is -0.120. The van der Waals surface area contributed by atoms with Gasteiger partial charge in [-0.2, -0.15) is 0 Å². The van der Waals surface area contributed by atoms with Crippen LogP contribution in [0.4, 0.5) is 13.2 Å². The van der Waals surface area contributed by atoms with Crippen molar-refractivity contribution in [2.24, 2.45) is 5.92 Å². The van der Waals surface area contributed by atoms with Crippen molar-refractivity contribution in [2.45, 2.75) is 70.6 Å². The molecule has 202 valence electrons. The zero-order chi connectivity index (χ0) is 27.0. The topological polar surface area (TPSA) is 109 Å². The fourth-order valence-corrected chi connectivity index (χ4v) is 5.03. The number of aromatic amines is 1. The van der Waals surface area contributed by atoms with Crippen molar-refractivity contribution in [3.63, 3.8) is 0 Å². The number of carbonyl (C=O) groups excluding carboxylic acids is 2. The number of ether oxygens (including phenoxy) is 1. The molecule has 2 saturated carbocycles. The fraction of sp³-hybridized carbons (Fsp3) is 0.481. The molecular formula is C27H30F3N5O3. The SMILES string of the molecule is CC(=O)N[C@@H]1CC[C@H](NC(=O)c2c(C)[nH]c3c(-c4cc(C(F)F)ccc4OCC4CC4)ncnc23)[C@H](F)C1. The van der Waals surface area contributed by atoms with Crippen LogP contribution < -0.4 is 15.4 Å². The largest absolute Gasteiger partial charge is 0.493 e. The van der Waals surface area contributed by atoms with E-state index < -0.39 is 24.5 Å². The molecule has 3 N–H and O–H groups in total. The van der Waals surface area contributed by atoms with Crippen molar-refractivity contribution in [3.8, 4) is 17.0 Å². The number of amides is 2. The number of aromatic nitrogens is 3. The Kier molecular flexibility index (Phi) is 7.27. The number of halogens is 3. The summed E-state index contributed by atoms with van der Waals surface area (Å²) in [5.41, 5.74) is 1.99. The maximum Gasteiger partial charge on any atom is 0.263 e. The van der Waals surface area contributed by atoms with E-state index in [1.54, 1.807) is 6.92 Å². The molecule has 5 rings (SSSR count). The van der Waals surface area contributed by atoms with E-state index in [1.165, 1.54) is 31.5 Å². The third kappa shape index (κ3) is 5.46. The molecule has 8 nitrogen and oxygen atoms in total. The van der Waals surface area contributed by atoms with E-state index in [0.717, 1.165) is 12.8 Å². The fourth-order valence-electron chi connectivity index (χ4n) is 5.03. The second-order valence-corrected chi connectivity index (χ2v) is 10.2. The predicted molar refractivity (Wildman–Crippen MR) is 135 cm³/mol. The van der Waals surface area contributed by atoms with E-state index in [2.05, 4.69) is 25.6 Å². The van der Waals surface area contributed by atoms with E-state index >= 15 is 0 Å². The monoisotopic (exact) mass is 529 g/mol. The van der Waals surface area contributed by atoms with Gasteiger partial charge in [0.05, 0.1) is 23.7 Å². The minimum absolute atomic E-state index is 0.119. The average molecular weight is 530 g/mol. The average Bonchev–Trinajstić information content (AvgIpc) is 3.63. The number of benzene rings is 1. The van der Waals surface area contributed by atoms with Crippen molar-refractivity contribution in [1.82, 2.24) is 25.6 Å². The van der Waals surface area contributed by atoms with Crippen LogP contribution in [0.5, 0.6) is 5.75 Å². The quantitative estimate of drug-likeness (QED) is 0.389. The van der Waals surface area contributed by atoms with Gasteiger partial charge in [-0.1, -0.05) is 0 Å². The Labute approximate surface area is 217 Å². The van der Waals surface area contributed by atoms with Gasteiger partial charge in [0, 0.05) is 36.2 Å². The van der Waals surface area contributed by atoms with Gasteiger partial charge >= 0.3 is 0 Å². The van der Waals surface area contributed by atoms with Crippen LogP contribution in [-0.2, 0) is 4.79 Å². The Morgan fingerprint density at radius 1 is 1.16 bits per heavy atom. The summed E-state index contributed by atoms with van der Waals surface area (Å²) < 4.78 is 47.9. The van der Waals surface area contributed by atoms with Crippen LogP contribution >= 0.6 is 0 Å². The Morgan fingerprint density at radius 3 is 2.63 bits per heavy atom. The lowest BCUT2D eigenvalue weighted by Gasteiger charge is -2.32. The predicted octanol–water partition coefficient (Wildman–Crippen LogP) is 4.78. The number of H-pyrrole nitrogens is 1. The van der Waals surface area contributed by atoms with Crippen LogP contribution in [-0.4, -0.2) is 51.6 Å². The number of nitrogens with one attached hydrogen (secondary N) is 3. The van der Waals surface area contributed by atoms with Gasteiger partial charge in [0.15, 0.2) is 0 Å². The lowest BCUT2D eigenvalue weighted by atomic mass is 9.89. The molecule has 2 fully saturated rings. The highest BCUT2D eigenvalue weighted by Gasteiger charge is 2.33.